The van der Waals surface area contributed by atoms with Crippen LogP contribution in [-0.4, -0.2) is 38.7 Å². The van der Waals surface area contributed by atoms with Crippen LogP contribution in [0.5, 0.6) is 0 Å². The van der Waals surface area contributed by atoms with Gasteiger partial charge in [0.05, 0.1) is 11.4 Å². The van der Waals surface area contributed by atoms with Crippen LogP contribution >= 0.6 is 24.0 Å². The van der Waals surface area contributed by atoms with E-state index in [4.69, 9.17) is 0 Å². The molecule has 168 valence electrons. The Morgan fingerprint density at radius 3 is 2.61 bits per heavy atom. The number of rotatable bonds is 7. The molecule has 0 aliphatic carbocycles. The summed E-state index contributed by atoms with van der Waals surface area (Å²) in [4.78, 5) is 8.05. The second-order valence-corrected chi connectivity index (χ2v) is 9.23. The summed E-state index contributed by atoms with van der Waals surface area (Å²) in [7, 11) is -3.23. The number of halogens is 2. The summed E-state index contributed by atoms with van der Waals surface area (Å²) in [6.45, 7) is 5.62. The Labute approximate surface area is 199 Å². The van der Waals surface area contributed by atoms with Crippen molar-refractivity contribution in [3.05, 3.63) is 65.1 Å². The number of aliphatic imine (C=N–C) groups is 1. The normalized spacial score (nSPS) is 11.9. The minimum atomic E-state index is -3.23. The van der Waals surface area contributed by atoms with Crippen molar-refractivity contribution >= 4 is 50.7 Å². The summed E-state index contributed by atoms with van der Waals surface area (Å²) in [6.07, 6.45) is 3.88. The fraction of sp³-hybridized carbons (Fsp3) is 0.318. The van der Waals surface area contributed by atoms with E-state index in [2.05, 4.69) is 20.6 Å². The molecule has 31 heavy (non-hydrogen) atoms. The first-order valence-electron chi connectivity index (χ1n) is 9.85. The number of benzene rings is 2. The summed E-state index contributed by atoms with van der Waals surface area (Å²) in [6, 6.07) is 10.0. The summed E-state index contributed by atoms with van der Waals surface area (Å²) < 4.78 is 36.9. The Bertz CT molecular complexity index is 1180. The van der Waals surface area contributed by atoms with Gasteiger partial charge in [-0.05, 0) is 61.2 Å². The van der Waals surface area contributed by atoms with Crippen LogP contribution in [0.3, 0.4) is 0 Å². The van der Waals surface area contributed by atoms with Gasteiger partial charge < -0.3 is 15.6 Å². The van der Waals surface area contributed by atoms with Crippen molar-refractivity contribution in [3.8, 4) is 0 Å². The number of nitrogens with zero attached hydrogens (tertiary/aromatic N) is 1. The van der Waals surface area contributed by atoms with Gasteiger partial charge >= 0.3 is 0 Å². The molecule has 0 aliphatic rings. The van der Waals surface area contributed by atoms with Crippen LogP contribution in [0.25, 0.3) is 10.9 Å². The van der Waals surface area contributed by atoms with E-state index in [-0.39, 0.29) is 29.8 Å². The van der Waals surface area contributed by atoms with Gasteiger partial charge in [0.2, 0.25) is 0 Å². The smallest absolute Gasteiger partial charge is 0.191 e. The van der Waals surface area contributed by atoms with Gasteiger partial charge in [-0.3, -0.25) is 0 Å². The number of H-pyrrole nitrogens is 1. The quantitative estimate of drug-likeness (QED) is 0.233. The van der Waals surface area contributed by atoms with Crippen molar-refractivity contribution in [2.75, 3.05) is 19.3 Å². The fourth-order valence-corrected chi connectivity index (χ4v) is 4.38. The highest BCUT2D eigenvalue weighted by Crippen LogP contribution is 2.19. The average molecular weight is 558 g/mol. The molecule has 0 saturated heterocycles. The molecule has 2 aromatic carbocycles. The summed E-state index contributed by atoms with van der Waals surface area (Å²) >= 11 is 0. The molecular weight excluding hydrogens is 530 g/mol. The number of aryl methyl sites for hydroxylation is 1. The van der Waals surface area contributed by atoms with Gasteiger partial charge in [0, 0.05) is 36.4 Å². The molecule has 3 N–H and O–H groups in total. The van der Waals surface area contributed by atoms with Gasteiger partial charge in [-0.2, -0.15) is 0 Å². The van der Waals surface area contributed by atoms with Crippen molar-refractivity contribution in [2.45, 2.75) is 31.7 Å². The van der Waals surface area contributed by atoms with E-state index in [1.54, 1.807) is 25.1 Å². The molecule has 3 rings (SSSR count). The number of hydrogen-bond acceptors (Lipinski definition) is 3. The maximum absolute atomic E-state index is 13.3. The molecule has 9 heteroatoms. The van der Waals surface area contributed by atoms with E-state index in [1.807, 2.05) is 19.2 Å². The minimum Gasteiger partial charge on any atom is -0.361 e. The van der Waals surface area contributed by atoms with Crippen molar-refractivity contribution in [3.63, 3.8) is 0 Å². The molecule has 0 saturated carbocycles. The monoisotopic (exact) mass is 558 g/mol. The molecule has 0 radical (unpaired) electrons. The Kier molecular flexibility index (Phi) is 8.87. The summed E-state index contributed by atoms with van der Waals surface area (Å²) in [5, 5.41) is 7.54. The molecule has 0 atom stereocenters. The Balaban J connectivity index is 0.00000341. The Hall–Kier alpha value is -2.14. The molecule has 3 aromatic rings. The third kappa shape index (κ3) is 6.67. The number of fused-ring (bicyclic) bond motifs is 1. The van der Waals surface area contributed by atoms with Gasteiger partial charge in [-0.25, -0.2) is 17.8 Å². The largest absolute Gasteiger partial charge is 0.361 e. The molecule has 1 heterocycles. The van der Waals surface area contributed by atoms with Crippen LogP contribution in [0.4, 0.5) is 4.39 Å². The second-order valence-electron chi connectivity index (χ2n) is 7.25. The predicted octanol–water partition coefficient (Wildman–Crippen LogP) is 3.93. The van der Waals surface area contributed by atoms with Gasteiger partial charge in [-0.15, -0.1) is 24.0 Å². The van der Waals surface area contributed by atoms with Gasteiger partial charge in [-0.1, -0.05) is 12.1 Å². The van der Waals surface area contributed by atoms with Gasteiger partial charge in [0.1, 0.15) is 5.82 Å². The Morgan fingerprint density at radius 1 is 1.16 bits per heavy atom. The second kappa shape index (κ2) is 10.9. The van der Waals surface area contributed by atoms with E-state index < -0.39 is 9.84 Å². The first-order valence-corrected chi connectivity index (χ1v) is 11.7. The average Bonchev–Trinajstić information content (AvgIpc) is 3.07. The maximum atomic E-state index is 13.3. The number of sulfone groups is 1. The van der Waals surface area contributed by atoms with Gasteiger partial charge in [0.15, 0.2) is 15.8 Å². The molecule has 0 aliphatic heterocycles. The minimum absolute atomic E-state index is 0. The van der Waals surface area contributed by atoms with Crippen LogP contribution in [0, 0.1) is 12.7 Å². The van der Waals surface area contributed by atoms with Crippen molar-refractivity contribution in [1.82, 2.24) is 15.6 Å². The lowest BCUT2D eigenvalue weighted by molar-refractivity contribution is 0.601. The van der Waals surface area contributed by atoms with E-state index >= 15 is 0 Å². The van der Waals surface area contributed by atoms with Crippen LogP contribution in [-0.2, 0) is 22.8 Å². The number of aromatic nitrogens is 1. The molecule has 6 nitrogen and oxygen atoms in total. The molecule has 0 bridgehead atoms. The van der Waals surface area contributed by atoms with E-state index in [1.165, 1.54) is 18.4 Å². The summed E-state index contributed by atoms with van der Waals surface area (Å²) in [5.74, 6) is 0.434. The lowest BCUT2D eigenvalue weighted by Gasteiger charge is -2.12. The zero-order chi connectivity index (χ0) is 21.7. The first kappa shape index (κ1) is 25.1. The van der Waals surface area contributed by atoms with Crippen molar-refractivity contribution in [1.29, 1.82) is 0 Å². The third-order valence-electron chi connectivity index (χ3n) is 4.82. The van der Waals surface area contributed by atoms with E-state index in [0.717, 1.165) is 40.6 Å². The topological polar surface area (TPSA) is 86.3 Å². The zero-order valence-electron chi connectivity index (χ0n) is 17.8. The number of nitrogens with one attached hydrogen (secondary N) is 3. The first-order chi connectivity index (χ1) is 14.3. The lowest BCUT2D eigenvalue weighted by atomic mass is 10.1. The SMILES string of the molecule is CCNC(=NCc1ccc(S(C)(=O)=O)c(C)c1)NCCc1c[nH]c2cc(F)ccc12.I. The highest BCUT2D eigenvalue weighted by molar-refractivity contribution is 14.0. The fourth-order valence-electron chi connectivity index (χ4n) is 3.42. The molecule has 0 amide bonds. The Morgan fingerprint density at radius 2 is 1.94 bits per heavy atom. The predicted molar refractivity (Wildman–Crippen MR) is 134 cm³/mol. The van der Waals surface area contributed by atoms with Crippen molar-refractivity contribution < 1.29 is 12.8 Å². The van der Waals surface area contributed by atoms with Gasteiger partial charge in [0.25, 0.3) is 0 Å². The van der Waals surface area contributed by atoms with Crippen LogP contribution in [0.1, 0.15) is 23.6 Å². The number of guanidine groups is 1. The molecule has 0 unspecified atom stereocenters. The maximum Gasteiger partial charge on any atom is 0.191 e. The van der Waals surface area contributed by atoms with Crippen LogP contribution < -0.4 is 10.6 Å². The molecule has 0 spiro atoms. The van der Waals surface area contributed by atoms with Crippen LogP contribution in [0.2, 0.25) is 0 Å². The van der Waals surface area contributed by atoms with E-state index in [9.17, 15) is 12.8 Å². The highest BCUT2D eigenvalue weighted by atomic mass is 127. The molecule has 0 fully saturated rings. The number of aromatic amines is 1. The van der Waals surface area contributed by atoms with E-state index in [0.29, 0.717) is 23.9 Å². The van der Waals surface area contributed by atoms with Crippen molar-refractivity contribution in [2.24, 2.45) is 4.99 Å². The highest BCUT2D eigenvalue weighted by Gasteiger charge is 2.11. The lowest BCUT2D eigenvalue weighted by Crippen LogP contribution is -2.38. The van der Waals surface area contributed by atoms with Crippen LogP contribution in [0.15, 0.2) is 52.5 Å². The zero-order valence-corrected chi connectivity index (χ0v) is 21.0. The molecule has 1 aromatic heterocycles. The number of hydrogen-bond donors (Lipinski definition) is 3. The molecular formula is C22H28FIN4O2S. The standard InChI is InChI=1S/C22H27FN4O2S.HI/c1-4-24-22(27-13-16-5-8-21(15(2)11-16)30(3,28)29)25-10-9-17-14-26-20-12-18(23)6-7-19(17)20;/h5-8,11-12,14,26H,4,9-10,13H2,1-3H3,(H2,24,25,27);1H. The summed E-state index contributed by atoms with van der Waals surface area (Å²) in [5.41, 5.74) is 3.56. The third-order valence-corrected chi connectivity index (χ3v) is 6.08.